The molecule has 82 valence electrons. The van der Waals surface area contributed by atoms with E-state index in [4.69, 9.17) is 4.74 Å². The van der Waals surface area contributed by atoms with Gasteiger partial charge in [-0.25, -0.2) is 0 Å². The van der Waals surface area contributed by atoms with Crippen LogP contribution in [0.5, 0.6) is 0 Å². The highest BCUT2D eigenvalue weighted by molar-refractivity contribution is 5.70. The number of fused-ring (bicyclic) bond motifs is 3. The van der Waals surface area contributed by atoms with Crippen LogP contribution in [0.15, 0.2) is 12.2 Å². The molecule has 0 spiro atoms. The van der Waals surface area contributed by atoms with Crippen LogP contribution in [0.1, 0.15) is 33.6 Å². The Labute approximate surface area is 90.7 Å². The van der Waals surface area contributed by atoms with Crippen molar-refractivity contribution >= 4 is 6.29 Å². The number of ether oxygens (including phenoxy) is 1. The molecule has 0 aromatic rings. The molecule has 0 amide bonds. The number of carbonyl (C=O) groups is 1. The lowest BCUT2D eigenvalue weighted by Gasteiger charge is -2.47. The second-order valence-corrected chi connectivity index (χ2v) is 5.99. The molecule has 2 aliphatic carbocycles. The SMILES string of the molecule is C[C@@H]1CC=CC2(C)C[C@]3(C=O)O[C@@H]3[C@@]12C. The molecule has 0 radical (unpaired) electrons. The van der Waals surface area contributed by atoms with Crippen LogP contribution in [0.3, 0.4) is 0 Å². The highest BCUT2D eigenvalue weighted by atomic mass is 16.6. The van der Waals surface area contributed by atoms with Crippen molar-refractivity contribution in [1.29, 1.82) is 0 Å². The standard InChI is InChI=1S/C13H18O2/c1-9-5-4-6-11(2)7-13(8-14)10(15-13)12(9,11)3/h4,6,8-10H,5,7H2,1-3H3/t9-,10-,11?,12-,13-/m1/s1. The Morgan fingerprint density at radius 1 is 1.47 bits per heavy atom. The fourth-order valence-electron chi connectivity index (χ4n) is 3.98. The Bertz CT molecular complexity index is 362. The van der Waals surface area contributed by atoms with E-state index in [9.17, 15) is 4.79 Å². The summed E-state index contributed by atoms with van der Waals surface area (Å²) in [6, 6.07) is 0. The van der Waals surface area contributed by atoms with Crippen molar-refractivity contribution in [3.8, 4) is 0 Å². The van der Waals surface area contributed by atoms with Crippen LogP contribution in [0, 0.1) is 16.7 Å². The molecule has 2 fully saturated rings. The molecule has 0 N–H and O–H groups in total. The number of allylic oxidation sites excluding steroid dienone is 2. The van der Waals surface area contributed by atoms with Gasteiger partial charge in [-0.05, 0) is 24.2 Å². The molecular weight excluding hydrogens is 188 g/mol. The Balaban J connectivity index is 2.10. The summed E-state index contributed by atoms with van der Waals surface area (Å²) in [6.07, 6.45) is 7.76. The molecule has 3 aliphatic rings. The Kier molecular flexibility index (Phi) is 1.52. The molecule has 1 aliphatic heterocycles. The second kappa shape index (κ2) is 2.37. The molecule has 2 heteroatoms. The van der Waals surface area contributed by atoms with Crippen molar-refractivity contribution in [3.63, 3.8) is 0 Å². The molecular formula is C13H18O2. The molecule has 1 heterocycles. The summed E-state index contributed by atoms with van der Waals surface area (Å²) in [7, 11) is 0. The normalized spacial score (nSPS) is 61.0. The van der Waals surface area contributed by atoms with Gasteiger partial charge in [0.2, 0.25) is 0 Å². The molecule has 5 atom stereocenters. The zero-order valence-electron chi connectivity index (χ0n) is 9.62. The van der Waals surface area contributed by atoms with E-state index < -0.39 is 5.60 Å². The Morgan fingerprint density at radius 2 is 2.20 bits per heavy atom. The lowest BCUT2D eigenvalue weighted by Crippen LogP contribution is -2.43. The van der Waals surface area contributed by atoms with Gasteiger partial charge in [0.25, 0.3) is 0 Å². The molecule has 3 rings (SSSR count). The summed E-state index contributed by atoms with van der Waals surface area (Å²) in [4.78, 5) is 11.2. The highest BCUT2D eigenvalue weighted by Crippen LogP contribution is 2.71. The number of hydrogen-bond acceptors (Lipinski definition) is 2. The maximum Gasteiger partial charge on any atom is 0.154 e. The van der Waals surface area contributed by atoms with Crippen molar-refractivity contribution in [1.82, 2.24) is 0 Å². The zero-order chi connectivity index (χ0) is 10.9. The predicted molar refractivity (Wildman–Crippen MR) is 57.4 cm³/mol. The second-order valence-electron chi connectivity index (χ2n) is 5.99. The smallest absolute Gasteiger partial charge is 0.154 e. The fraction of sp³-hybridized carbons (Fsp3) is 0.769. The number of rotatable bonds is 1. The first-order valence-electron chi connectivity index (χ1n) is 5.80. The molecule has 1 unspecified atom stereocenters. The minimum absolute atomic E-state index is 0.142. The van der Waals surface area contributed by atoms with Crippen LogP contribution in [-0.4, -0.2) is 18.0 Å². The van der Waals surface area contributed by atoms with Crippen molar-refractivity contribution < 1.29 is 9.53 Å². The minimum atomic E-state index is -0.438. The summed E-state index contributed by atoms with van der Waals surface area (Å²) < 4.78 is 5.70. The van der Waals surface area contributed by atoms with E-state index in [-0.39, 0.29) is 16.9 Å². The van der Waals surface area contributed by atoms with E-state index >= 15 is 0 Å². The first-order valence-corrected chi connectivity index (χ1v) is 5.80. The van der Waals surface area contributed by atoms with Gasteiger partial charge in [0.1, 0.15) is 6.10 Å². The average Bonchev–Trinajstić information content (AvgIpc) is 2.85. The van der Waals surface area contributed by atoms with Gasteiger partial charge in [0.15, 0.2) is 11.9 Å². The largest absolute Gasteiger partial charge is 0.357 e. The number of aldehydes is 1. The van der Waals surface area contributed by atoms with Crippen molar-refractivity contribution in [2.45, 2.75) is 45.3 Å². The summed E-state index contributed by atoms with van der Waals surface area (Å²) in [5.41, 5.74) is -0.149. The third kappa shape index (κ3) is 0.840. The van der Waals surface area contributed by atoms with Crippen LogP contribution in [0.2, 0.25) is 0 Å². The molecule has 0 aromatic heterocycles. The number of hydrogen-bond donors (Lipinski definition) is 0. The highest BCUT2D eigenvalue weighted by Gasteiger charge is 2.77. The van der Waals surface area contributed by atoms with Gasteiger partial charge in [0, 0.05) is 5.41 Å². The van der Waals surface area contributed by atoms with Crippen LogP contribution in [0.25, 0.3) is 0 Å². The molecule has 15 heavy (non-hydrogen) atoms. The van der Waals surface area contributed by atoms with E-state index in [0.717, 1.165) is 19.1 Å². The van der Waals surface area contributed by atoms with Crippen molar-refractivity contribution in [2.24, 2.45) is 16.7 Å². The molecule has 1 saturated heterocycles. The predicted octanol–water partition coefficient (Wildman–Crippen LogP) is 2.34. The fourth-order valence-corrected chi connectivity index (χ4v) is 3.98. The summed E-state index contributed by atoms with van der Waals surface area (Å²) in [6.45, 7) is 6.86. The Hall–Kier alpha value is -0.630. The van der Waals surface area contributed by atoms with E-state index in [1.165, 1.54) is 0 Å². The van der Waals surface area contributed by atoms with Gasteiger partial charge in [-0.1, -0.05) is 32.9 Å². The molecule has 1 saturated carbocycles. The average molecular weight is 206 g/mol. The van der Waals surface area contributed by atoms with Gasteiger partial charge < -0.3 is 9.53 Å². The lowest BCUT2D eigenvalue weighted by molar-refractivity contribution is -0.113. The van der Waals surface area contributed by atoms with Crippen LogP contribution < -0.4 is 0 Å². The minimum Gasteiger partial charge on any atom is -0.357 e. The number of carbonyl (C=O) groups excluding carboxylic acids is 1. The lowest BCUT2D eigenvalue weighted by atomic mass is 9.57. The van der Waals surface area contributed by atoms with Crippen LogP contribution >= 0.6 is 0 Å². The van der Waals surface area contributed by atoms with E-state index in [1.807, 2.05) is 0 Å². The molecule has 0 bridgehead atoms. The first-order chi connectivity index (χ1) is 6.98. The summed E-state index contributed by atoms with van der Waals surface area (Å²) in [5, 5.41) is 0. The maximum absolute atomic E-state index is 11.2. The van der Waals surface area contributed by atoms with Crippen LogP contribution in [-0.2, 0) is 9.53 Å². The monoisotopic (exact) mass is 206 g/mol. The van der Waals surface area contributed by atoms with Gasteiger partial charge in [-0.2, -0.15) is 0 Å². The zero-order valence-corrected chi connectivity index (χ0v) is 9.62. The van der Waals surface area contributed by atoms with Crippen molar-refractivity contribution in [2.75, 3.05) is 0 Å². The summed E-state index contributed by atoms with van der Waals surface area (Å²) in [5.74, 6) is 0.599. The van der Waals surface area contributed by atoms with Gasteiger partial charge in [-0.3, -0.25) is 0 Å². The Morgan fingerprint density at radius 3 is 2.80 bits per heavy atom. The van der Waals surface area contributed by atoms with Crippen molar-refractivity contribution in [3.05, 3.63) is 12.2 Å². The number of epoxide rings is 1. The van der Waals surface area contributed by atoms with Gasteiger partial charge in [0.05, 0.1) is 0 Å². The topological polar surface area (TPSA) is 29.6 Å². The third-order valence-electron chi connectivity index (χ3n) is 5.34. The summed E-state index contributed by atoms with van der Waals surface area (Å²) >= 11 is 0. The van der Waals surface area contributed by atoms with E-state index in [2.05, 4.69) is 32.9 Å². The molecule has 2 nitrogen and oxygen atoms in total. The third-order valence-corrected chi connectivity index (χ3v) is 5.34. The van der Waals surface area contributed by atoms with Gasteiger partial charge in [-0.15, -0.1) is 0 Å². The molecule has 0 aromatic carbocycles. The van der Waals surface area contributed by atoms with E-state index in [0.29, 0.717) is 5.92 Å². The van der Waals surface area contributed by atoms with E-state index in [1.54, 1.807) is 0 Å². The first kappa shape index (κ1) is 9.59. The quantitative estimate of drug-likeness (QED) is 0.374. The maximum atomic E-state index is 11.2. The van der Waals surface area contributed by atoms with Crippen LogP contribution in [0.4, 0.5) is 0 Å². The van der Waals surface area contributed by atoms with Gasteiger partial charge >= 0.3 is 0 Å².